The van der Waals surface area contributed by atoms with Gasteiger partial charge in [-0.15, -0.1) is 11.3 Å². The van der Waals surface area contributed by atoms with Crippen molar-refractivity contribution < 1.29 is 14.3 Å². The van der Waals surface area contributed by atoms with E-state index in [9.17, 15) is 4.79 Å². The highest BCUT2D eigenvalue weighted by atomic mass is 32.2. The molecule has 0 radical (unpaired) electrons. The van der Waals surface area contributed by atoms with E-state index in [1.54, 1.807) is 29.4 Å². The summed E-state index contributed by atoms with van der Waals surface area (Å²) in [7, 11) is 0. The van der Waals surface area contributed by atoms with Gasteiger partial charge in [-0.05, 0) is 61.8 Å². The molecule has 1 atom stereocenters. The number of rotatable bonds is 4. The summed E-state index contributed by atoms with van der Waals surface area (Å²) < 4.78 is 11.4. The number of aryl methyl sites for hydroxylation is 2. The first kappa shape index (κ1) is 20.3. The molecule has 0 unspecified atom stereocenters. The first-order chi connectivity index (χ1) is 15.8. The average Bonchev–Trinajstić information content (AvgIpc) is 3.47. The molecule has 32 heavy (non-hydrogen) atoms. The van der Waals surface area contributed by atoms with Crippen LogP contribution in [-0.4, -0.2) is 46.3 Å². The number of likely N-dealkylation sites (tertiary alicyclic amines) is 1. The van der Waals surface area contributed by atoms with Gasteiger partial charge in [0.15, 0.2) is 11.5 Å². The highest BCUT2D eigenvalue weighted by molar-refractivity contribution is 8.00. The summed E-state index contributed by atoms with van der Waals surface area (Å²) in [5.41, 5.74) is 2.54. The number of aromatic nitrogens is 2. The molecule has 0 saturated carbocycles. The van der Waals surface area contributed by atoms with Crippen LogP contribution in [0, 0.1) is 0 Å². The Labute approximate surface area is 195 Å². The molecule has 0 N–H and O–H groups in total. The predicted octanol–water partition coefficient (Wildman–Crippen LogP) is 4.80. The van der Waals surface area contributed by atoms with Crippen LogP contribution in [0.4, 0.5) is 0 Å². The number of thiophene rings is 1. The second-order valence-corrected chi connectivity index (χ2v) is 10.6. The minimum Gasteiger partial charge on any atom is -0.486 e. The molecule has 6 rings (SSSR count). The van der Waals surface area contributed by atoms with Gasteiger partial charge in [-0.2, -0.15) is 0 Å². The maximum atomic E-state index is 13.3. The largest absolute Gasteiger partial charge is 0.486 e. The minimum absolute atomic E-state index is 0.0956. The Morgan fingerprint density at radius 2 is 2.00 bits per heavy atom. The molecule has 8 heteroatoms. The topological polar surface area (TPSA) is 64.6 Å². The maximum absolute atomic E-state index is 13.3. The minimum atomic E-state index is 0.0956. The fourth-order valence-electron chi connectivity index (χ4n) is 5.06. The van der Waals surface area contributed by atoms with E-state index in [0.29, 0.717) is 19.0 Å². The standard InChI is InChI=1S/C24H25N3O3S2/c28-21(13-31-23-22-16-4-1-2-6-20(16)32-24(22)26-14-25-23)27-9-3-5-17(27)15-7-8-18-19(12-15)30-11-10-29-18/h7-8,12,14,17H,1-6,9-11,13H2/t17-/m1/s1. The number of carbonyl (C=O) groups is 1. The summed E-state index contributed by atoms with van der Waals surface area (Å²) in [6.45, 7) is 1.95. The molecule has 1 aromatic carbocycles. The van der Waals surface area contributed by atoms with E-state index in [2.05, 4.69) is 16.0 Å². The lowest BCUT2D eigenvalue weighted by molar-refractivity contribution is -0.129. The second kappa shape index (κ2) is 8.56. The third-order valence-electron chi connectivity index (χ3n) is 6.57. The van der Waals surface area contributed by atoms with E-state index in [1.165, 1.54) is 28.7 Å². The Balaban J connectivity index is 1.20. The summed E-state index contributed by atoms with van der Waals surface area (Å²) in [6, 6.07) is 6.18. The average molecular weight is 468 g/mol. The van der Waals surface area contributed by atoms with E-state index < -0.39 is 0 Å². The molecule has 6 nitrogen and oxygen atoms in total. The van der Waals surface area contributed by atoms with Crippen LogP contribution >= 0.6 is 23.1 Å². The molecule has 2 aromatic heterocycles. The number of thioether (sulfide) groups is 1. The number of amides is 1. The lowest BCUT2D eigenvalue weighted by Gasteiger charge is -2.26. The van der Waals surface area contributed by atoms with E-state index in [1.807, 2.05) is 17.0 Å². The molecule has 0 spiro atoms. The molecular weight excluding hydrogens is 442 g/mol. The number of nitrogens with zero attached hydrogens (tertiary/aromatic N) is 3. The van der Waals surface area contributed by atoms with Crippen molar-refractivity contribution in [2.75, 3.05) is 25.5 Å². The van der Waals surface area contributed by atoms with Crippen LogP contribution in [-0.2, 0) is 17.6 Å². The number of hydrogen-bond acceptors (Lipinski definition) is 7. The number of hydrogen-bond donors (Lipinski definition) is 0. The maximum Gasteiger partial charge on any atom is 0.233 e. The quantitative estimate of drug-likeness (QED) is 0.406. The summed E-state index contributed by atoms with van der Waals surface area (Å²) in [5, 5.41) is 2.15. The van der Waals surface area contributed by atoms with Crippen molar-refractivity contribution in [3.63, 3.8) is 0 Å². The molecule has 1 aliphatic carbocycles. The molecule has 1 fully saturated rings. The Bertz CT molecular complexity index is 1180. The predicted molar refractivity (Wildman–Crippen MR) is 126 cm³/mol. The van der Waals surface area contributed by atoms with Gasteiger partial charge in [-0.3, -0.25) is 4.79 Å². The zero-order chi connectivity index (χ0) is 21.5. The molecule has 1 saturated heterocycles. The first-order valence-electron chi connectivity index (χ1n) is 11.3. The molecule has 0 bridgehead atoms. The molecular formula is C24H25N3O3S2. The molecule has 4 heterocycles. The van der Waals surface area contributed by atoms with Gasteiger partial charge in [0, 0.05) is 16.8 Å². The molecule has 2 aliphatic heterocycles. The normalized spacial score (nSPS) is 19.9. The van der Waals surface area contributed by atoms with E-state index in [4.69, 9.17) is 9.47 Å². The Hall–Kier alpha value is -2.32. The van der Waals surface area contributed by atoms with Gasteiger partial charge in [0.1, 0.15) is 29.4 Å². The highest BCUT2D eigenvalue weighted by Gasteiger charge is 2.31. The van der Waals surface area contributed by atoms with Crippen molar-refractivity contribution >= 4 is 39.2 Å². The van der Waals surface area contributed by atoms with E-state index in [-0.39, 0.29) is 11.9 Å². The Morgan fingerprint density at radius 3 is 2.94 bits per heavy atom. The van der Waals surface area contributed by atoms with Gasteiger partial charge in [-0.1, -0.05) is 17.8 Å². The molecule has 1 amide bonds. The van der Waals surface area contributed by atoms with Crippen molar-refractivity contribution in [3.8, 4) is 11.5 Å². The smallest absolute Gasteiger partial charge is 0.233 e. The van der Waals surface area contributed by atoms with E-state index >= 15 is 0 Å². The van der Waals surface area contributed by atoms with Crippen LogP contribution in [0.1, 0.15) is 47.7 Å². The first-order valence-corrected chi connectivity index (χ1v) is 13.2. The summed E-state index contributed by atoms with van der Waals surface area (Å²) in [4.78, 5) is 26.9. The van der Waals surface area contributed by atoms with Crippen molar-refractivity contribution in [3.05, 3.63) is 40.5 Å². The van der Waals surface area contributed by atoms with E-state index in [0.717, 1.165) is 59.1 Å². The number of fused-ring (bicyclic) bond motifs is 4. The number of carbonyl (C=O) groups excluding carboxylic acids is 1. The zero-order valence-electron chi connectivity index (χ0n) is 17.8. The van der Waals surface area contributed by atoms with Gasteiger partial charge in [-0.25, -0.2) is 9.97 Å². The van der Waals surface area contributed by atoms with Crippen molar-refractivity contribution in [2.45, 2.75) is 49.6 Å². The van der Waals surface area contributed by atoms with Gasteiger partial charge >= 0.3 is 0 Å². The monoisotopic (exact) mass is 467 g/mol. The Morgan fingerprint density at radius 1 is 1.12 bits per heavy atom. The fraction of sp³-hybridized carbons (Fsp3) is 0.458. The SMILES string of the molecule is O=C(CSc1ncnc2sc3c(c12)CCCC3)N1CCC[C@@H]1c1ccc2c(c1)OCCO2. The summed E-state index contributed by atoms with van der Waals surface area (Å²) in [5.74, 6) is 2.15. The number of ether oxygens (including phenoxy) is 2. The zero-order valence-corrected chi connectivity index (χ0v) is 19.5. The van der Waals surface area contributed by atoms with Crippen LogP contribution in [0.15, 0.2) is 29.6 Å². The lowest BCUT2D eigenvalue weighted by atomic mass is 9.97. The van der Waals surface area contributed by atoms with Crippen LogP contribution < -0.4 is 9.47 Å². The van der Waals surface area contributed by atoms with Crippen LogP contribution in [0.25, 0.3) is 10.2 Å². The summed E-state index contributed by atoms with van der Waals surface area (Å²) in [6.07, 6.45) is 8.36. The third kappa shape index (κ3) is 3.63. The van der Waals surface area contributed by atoms with Gasteiger partial charge in [0.25, 0.3) is 0 Å². The third-order valence-corrected chi connectivity index (χ3v) is 8.75. The van der Waals surface area contributed by atoms with Crippen molar-refractivity contribution in [1.29, 1.82) is 0 Å². The van der Waals surface area contributed by atoms with Crippen molar-refractivity contribution in [2.24, 2.45) is 0 Å². The molecule has 3 aliphatic rings. The molecule has 3 aromatic rings. The van der Waals surface area contributed by atoms with Gasteiger partial charge in [0.2, 0.25) is 5.91 Å². The second-order valence-electron chi connectivity index (χ2n) is 8.51. The summed E-state index contributed by atoms with van der Waals surface area (Å²) >= 11 is 3.36. The van der Waals surface area contributed by atoms with Crippen LogP contribution in [0.5, 0.6) is 11.5 Å². The lowest BCUT2D eigenvalue weighted by Crippen LogP contribution is -2.32. The number of benzene rings is 1. The fourth-order valence-corrected chi connectivity index (χ4v) is 7.27. The van der Waals surface area contributed by atoms with Crippen molar-refractivity contribution in [1.82, 2.24) is 14.9 Å². The van der Waals surface area contributed by atoms with Gasteiger partial charge in [0.05, 0.1) is 11.8 Å². The molecule has 166 valence electrons. The van der Waals surface area contributed by atoms with Crippen LogP contribution in [0.2, 0.25) is 0 Å². The highest BCUT2D eigenvalue weighted by Crippen LogP contribution is 2.41. The van der Waals surface area contributed by atoms with Crippen LogP contribution in [0.3, 0.4) is 0 Å². The van der Waals surface area contributed by atoms with Gasteiger partial charge < -0.3 is 14.4 Å². The Kier molecular flexibility index (Phi) is 5.43.